The van der Waals surface area contributed by atoms with Crippen molar-refractivity contribution in [3.05, 3.63) is 47.0 Å². The number of hydrogen-bond acceptors (Lipinski definition) is 3. The van der Waals surface area contributed by atoms with Gasteiger partial charge < -0.3 is 14.6 Å². The molecule has 1 aromatic rings. The third-order valence-corrected chi connectivity index (χ3v) is 4.52. The summed E-state index contributed by atoms with van der Waals surface area (Å²) >= 11 is 0. The van der Waals surface area contributed by atoms with E-state index in [-0.39, 0.29) is 0 Å². The maximum absolute atomic E-state index is 11.1. The second-order valence-corrected chi connectivity index (χ2v) is 5.35. The predicted molar refractivity (Wildman–Crippen MR) is 79.3 cm³/mol. The normalized spacial score (nSPS) is 22.9. The Balaban J connectivity index is 2.60. The van der Waals surface area contributed by atoms with Gasteiger partial charge >= 0.3 is 0 Å². The van der Waals surface area contributed by atoms with Crippen molar-refractivity contribution in [3.8, 4) is 0 Å². The summed E-state index contributed by atoms with van der Waals surface area (Å²) in [5.74, 6) is -0.810. The van der Waals surface area contributed by atoms with Crippen LogP contribution in [0.5, 0.6) is 0 Å². The Labute approximate surface area is 121 Å². The number of ether oxygens (including phenoxy) is 2. The Kier molecular flexibility index (Phi) is 4.33. The zero-order valence-electron chi connectivity index (χ0n) is 12.8. The highest BCUT2D eigenvalue weighted by molar-refractivity contribution is 5.42. The van der Waals surface area contributed by atoms with E-state index in [1.807, 2.05) is 38.1 Å². The summed E-state index contributed by atoms with van der Waals surface area (Å²) in [6, 6.07) is 7.86. The highest BCUT2D eigenvalue weighted by atomic mass is 16.7. The lowest BCUT2D eigenvalue weighted by molar-refractivity contribution is -0.218. The summed E-state index contributed by atoms with van der Waals surface area (Å²) in [5, 5.41) is 11.1. The number of rotatable bonds is 5. The van der Waals surface area contributed by atoms with Gasteiger partial charge in [0, 0.05) is 26.2 Å². The van der Waals surface area contributed by atoms with Crippen LogP contribution in [0.4, 0.5) is 0 Å². The molecular formula is C17H24O3. The van der Waals surface area contributed by atoms with Crippen LogP contribution in [0.15, 0.2) is 35.9 Å². The first-order valence-electron chi connectivity index (χ1n) is 7.14. The molecule has 0 saturated heterocycles. The minimum atomic E-state index is -0.909. The lowest BCUT2D eigenvalue weighted by Gasteiger charge is -2.36. The summed E-state index contributed by atoms with van der Waals surface area (Å²) in [6.07, 6.45) is 4.39. The molecule has 3 nitrogen and oxygen atoms in total. The molecule has 1 aliphatic carbocycles. The molecule has 20 heavy (non-hydrogen) atoms. The molecular weight excluding hydrogens is 252 g/mol. The molecule has 1 unspecified atom stereocenters. The SMILES string of the molecule is CCC(OC)(OC)c1ccccc1C1(O)CCC=C1C. The monoisotopic (exact) mass is 276 g/mol. The Hall–Kier alpha value is -1.16. The topological polar surface area (TPSA) is 38.7 Å². The smallest absolute Gasteiger partial charge is 0.194 e. The van der Waals surface area contributed by atoms with Crippen LogP contribution in [0.2, 0.25) is 0 Å². The molecule has 0 bridgehead atoms. The van der Waals surface area contributed by atoms with Crippen molar-refractivity contribution in [1.29, 1.82) is 0 Å². The van der Waals surface area contributed by atoms with Gasteiger partial charge in [-0.2, -0.15) is 0 Å². The van der Waals surface area contributed by atoms with Gasteiger partial charge in [0.05, 0.1) is 0 Å². The number of methoxy groups -OCH3 is 2. The first-order valence-corrected chi connectivity index (χ1v) is 7.14. The average Bonchev–Trinajstić information content (AvgIpc) is 2.83. The predicted octanol–water partition coefficient (Wildman–Crippen LogP) is 3.47. The van der Waals surface area contributed by atoms with E-state index < -0.39 is 11.4 Å². The highest BCUT2D eigenvalue weighted by Crippen LogP contribution is 2.44. The van der Waals surface area contributed by atoms with E-state index in [9.17, 15) is 5.11 Å². The largest absolute Gasteiger partial charge is 0.381 e. The molecule has 0 aliphatic heterocycles. The van der Waals surface area contributed by atoms with Gasteiger partial charge in [0.1, 0.15) is 5.60 Å². The molecule has 1 N–H and O–H groups in total. The van der Waals surface area contributed by atoms with Gasteiger partial charge in [-0.1, -0.05) is 37.3 Å². The molecule has 2 rings (SSSR count). The van der Waals surface area contributed by atoms with Gasteiger partial charge in [-0.25, -0.2) is 0 Å². The minimum absolute atomic E-state index is 0.676. The second kappa shape index (κ2) is 5.68. The Bertz CT molecular complexity index is 494. The summed E-state index contributed by atoms with van der Waals surface area (Å²) < 4.78 is 11.3. The number of allylic oxidation sites excluding steroid dienone is 1. The number of benzene rings is 1. The van der Waals surface area contributed by atoms with Crippen LogP contribution < -0.4 is 0 Å². The van der Waals surface area contributed by atoms with Crippen LogP contribution in [-0.2, 0) is 20.9 Å². The zero-order chi connectivity index (χ0) is 14.8. The van der Waals surface area contributed by atoms with Crippen LogP contribution in [0.25, 0.3) is 0 Å². The van der Waals surface area contributed by atoms with Crippen molar-refractivity contribution < 1.29 is 14.6 Å². The van der Waals surface area contributed by atoms with E-state index in [0.29, 0.717) is 12.8 Å². The second-order valence-electron chi connectivity index (χ2n) is 5.35. The standard InChI is InChI=1S/C17H24O3/c1-5-17(19-3,20-4)15-11-7-6-10-14(15)16(18)12-8-9-13(16)2/h6-7,9-11,18H,5,8,12H2,1-4H3. The molecule has 1 aliphatic rings. The number of hydrogen-bond donors (Lipinski definition) is 1. The van der Waals surface area contributed by atoms with Crippen molar-refractivity contribution in [2.75, 3.05) is 14.2 Å². The fourth-order valence-corrected chi connectivity index (χ4v) is 3.17. The van der Waals surface area contributed by atoms with Crippen molar-refractivity contribution in [2.24, 2.45) is 0 Å². The van der Waals surface area contributed by atoms with Crippen LogP contribution >= 0.6 is 0 Å². The third kappa shape index (κ3) is 2.20. The van der Waals surface area contributed by atoms with Crippen molar-refractivity contribution in [3.63, 3.8) is 0 Å². The van der Waals surface area contributed by atoms with Crippen molar-refractivity contribution >= 4 is 0 Å². The summed E-state index contributed by atoms with van der Waals surface area (Å²) in [5.41, 5.74) is 1.89. The molecule has 1 atom stereocenters. The van der Waals surface area contributed by atoms with Gasteiger partial charge in [0.2, 0.25) is 0 Å². The molecule has 3 heteroatoms. The van der Waals surface area contributed by atoms with Crippen LogP contribution in [0.3, 0.4) is 0 Å². The van der Waals surface area contributed by atoms with Crippen molar-refractivity contribution in [1.82, 2.24) is 0 Å². The summed E-state index contributed by atoms with van der Waals surface area (Å²) in [6.45, 7) is 4.00. The summed E-state index contributed by atoms with van der Waals surface area (Å²) in [7, 11) is 3.29. The molecule has 0 spiro atoms. The van der Waals surface area contributed by atoms with Gasteiger partial charge in [0.25, 0.3) is 0 Å². The third-order valence-electron chi connectivity index (χ3n) is 4.52. The van der Waals surface area contributed by atoms with E-state index in [0.717, 1.165) is 23.1 Å². The number of aliphatic hydroxyl groups is 1. The van der Waals surface area contributed by atoms with Gasteiger partial charge in [-0.15, -0.1) is 0 Å². The molecule has 0 fully saturated rings. The van der Waals surface area contributed by atoms with Crippen molar-refractivity contribution in [2.45, 2.75) is 44.5 Å². The van der Waals surface area contributed by atoms with E-state index in [2.05, 4.69) is 6.08 Å². The molecule has 0 radical (unpaired) electrons. The molecule has 0 aromatic heterocycles. The van der Waals surface area contributed by atoms with Gasteiger partial charge in [-0.3, -0.25) is 0 Å². The fourth-order valence-electron chi connectivity index (χ4n) is 3.17. The van der Waals surface area contributed by atoms with Gasteiger partial charge in [0.15, 0.2) is 5.79 Å². The fraction of sp³-hybridized carbons (Fsp3) is 0.529. The Morgan fingerprint density at radius 3 is 2.40 bits per heavy atom. The molecule has 1 aromatic carbocycles. The van der Waals surface area contributed by atoms with E-state index in [1.165, 1.54) is 0 Å². The van der Waals surface area contributed by atoms with E-state index in [4.69, 9.17) is 9.47 Å². The van der Waals surface area contributed by atoms with Gasteiger partial charge in [-0.05, 0) is 30.9 Å². The van der Waals surface area contributed by atoms with Crippen LogP contribution in [0.1, 0.15) is 44.2 Å². The molecule has 110 valence electrons. The molecule has 0 saturated carbocycles. The van der Waals surface area contributed by atoms with Crippen LogP contribution in [-0.4, -0.2) is 19.3 Å². The highest BCUT2D eigenvalue weighted by Gasteiger charge is 2.41. The van der Waals surface area contributed by atoms with E-state index >= 15 is 0 Å². The molecule has 0 amide bonds. The lowest BCUT2D eigenvalue weighted by Crippen LogP contribution is -2.35. The quantitative estimate of drug-likeness (QED) is 0.661. The zero-order valence-corrected chi connectivity index (χ0v) is 12.8. The van der Waals surface area contributed by atoms with E-state index in [1.54, 1.807) is 14.2 Å². The Morgan fingerprint density at radius 2 is 1.90 bits per heavy atom. The molecule has 0 heterocycles. The maximum atomic E-state index is 11.1. The Morgan fingerprint density at radius 1 is 1.25 bits per heavy atom. The first kappa shape index (κ1) is 15.2. The maximum Gasteiger partial charge on any atom is 0.194 e. The first-order chi connectivity index (χ1) is 9.54. The van der Waals surface area contributed by atoms with Crippen LogP contribution in [0, 0.1) is 0 Å². The summed E-state index contributed by atoms with van der Waals surface area (Å²) in [4.78, 5) is 0. The average molecular weight is 276 g/mol. The minimum Gasteiger partial charge on any atom is -0.381 e. The lowest BCUT2D eigenvalue weighted by atomic mass is 9.82.